The lowest BCUT2D eigenvalue weighted by Gasteiger charge is -2.39. The number of hydrogen-bond donors (Lipinski definition) is 8. The van der Waals surface area contributed by atoms with Gasteiger partial charge in [-0.15, -0.1) is 0 Å². The van der Waals surface area contributed by atoms with Crippen LogP contribution in [0, 0.1) is 0 Å². The molecule has 0 aliphatic rings. The Bertz CT molecular complexity index is 804. The van der Waals surface area contributed by atoms with Crippen LogP contribution in [0.15, 0.2) is 0 Å². The summed E-state index contributed by atoms with van der Waals surface area (Å²) in [5.74, 6) is -1.16. The first-order chi connectivity index (χ1) is 30.1. The van der Waals surface area contributed by atoms with Crippen molar-refractivity contribution in [2.24, 2.45) is 0 Å². The minimum Gasteiger partial charge on any atom is -0.370 e. The third-order valence-electron chi connectivity index (χ3n) is 11.9. The number of rotatable bonds is 52. The van der Waals surface area contributed by atoms with Gasteiger partial charge in [0.05, 0.1) is 19.8 Å². The van der Waals surface area contributed by atoms with Gasteiger partial charge in [0.1, 0.15) is 6.10 Å². The molecule has 0 aromatic rings. The molecule has 0 bridgehead atoms. The molecule has 0 aliphatic carbocycles. The van der Waals surface area contributed by atoms with Gasteiger partial charge in [-0.25, -0.2) is 0 Å². The van der Waals surface area contributed by atoms with E-state index in [1.165, 1.54) is 167 Å². The maximum atomic E-state index is 6.97. The van der Waals surface area contributed by atoms with Crippen LogP contribution in [-0.2, 0) is 18.9 Å². The highest BCUT2D eigenvalue weighted by Gasteiger charge is 2.43. The Morgan fingerprint density at radius 3 is 0.774 bits per heavy atom. The zero-order valence-corrected chi connectivity index (χ0v) is 47.2. The van der Waals surface area contributed by atoms with E-state index in [4.69, 9.17) is 18.9 Å². The van der Waals surface area contributed by atoms with Crippen LogP contribution in [0.5, 0.6) is 0 Å². The van der Waals surface area contributed by atoms with E-state index in [0.717, 1.165) is 90.1 Å². The van der Waals surface area contributed by atoms with E-state index >= 15 is 0 Å². The summed E-state index contributed by atoms with van der Waals surface area (Å²) in [6.45, 7) is 4.93. The Hall–Kier alpha value is 2.64. The summed E-state index contributed by atoms with van der Waals surface area (Å²) in [7, 11) is 0. The maximum Gasteiger partial charge on any atom is 0.310 e. The van der Waals surface area contributed by atoms with Gasteiger partial charge in [0.25, 0.3) is 0 Å². The quantitative estimate of drug-likeness (QED) is 0.0178. The highest BCUT2D eigenvalue weighted by atomic mass is 32.2. The van der Waals surface area contributed by atoms with Crippen molar-refractivity contribution in [3.8, 4) is 0 Å². The highest BCUT2D eigenvalue weighted by Crippen LogP contribution is 2.30. The Morgan fingerprint density at radius 2 is 0.500 bits per heavy atom. The largest absolute Gasteiger partial charge is 0.370 e. The first-order valence-corrected chi connectivity index (χ1v) is 30.2. The van der Waals surface area contributed by atoms with Crippen molar-refractivity contribution in [1.82, 2.24) is 0 Å². The molecule has 4 nitrogen and oxygen atoms in total. The Labute approximate surface area is 430 Å². The Kier molecular flexibility index (Phi) is 52.2. The molecule has 1 unspecified atom stereocenters. The van der Waals surface area contributed by atoms with Crippen LogP contribution in [-0.4, -0.2) is 56.8 Å². The van der Waals surface area contributed by atoms with Crippen molar-refractivity contribution in [2.75, 3.05) is 26.4 Å². The van der Waals surface area contributed by atoms with Crippen molar-refractivity contribution >= 4 is 101 Å². The van der Waals surface area contributed by atoms with Crippen molar-refractivity contribution in [2.45, 2.75) is 288 Å². The highest BCUT2D eigenvalue weighted by molar-refractivity contribution is 8.00. The van der Waals surface area contributed by atoms with Gasteiger partial charge >= 0.3 is 5.97 Å². The SMILES string of the molecule is CCCCCCCCC(OCCCCCCCCCC(S)S)C(OCCCCCCCCCC(S)S)(OCCCCCCCCCC(S)S)OCCCCCCCCCC(S)S. The predicted octanol–water partition coefficient (Wildman–Crippen LogP) is 18.1. The third-order valence-corrected chi connectivity index (χ3v) is 13.9. The summed E-state index contributed by atoms with van der Waals surface area (Å²) < 4.78 is 28.7. The lowest BCUT2D eigenvalue weighted by atomic mass is 10.0. The summed E-state index contributed by atoms with van der Waals surface area (Å²) in [6.07, 6.45) is 46.4. The van der Waals surface area contributed by atoms with Crippen molar-refractivity contribution in [1.29, 1.82) is 0 Å². The smallest absolute Gasteiger partial charge is 0.310 e. The molecule has 0 saturated carbocycles. The molecule has 0 aromatic heterocycles. The predicted molar refractivity (Wildman–Crippen MR) is 303 cm³/mol. The molecule has 62 heavy (non-hydrogen) atoms. The standard InChI is InChI=1S/C50H102O4S8/c1-2-3-4-5-18-27-36-45(51-41-32-23-14-6-10-19-28-37-46(55)56)50(52-42-33-24-15-7-11-20-29-38-47(57)58,53-43-34-25-16-8-12-21-30-39-48(59)60)54-44-35-26-17-9-13-22-31-40-49(61)62/h45-49,55-62H,2-44H2,1H3. The molecule has 12 heteroatoms. The first-order valence-electron chi connectivity index (χ1n) is 26.1. The van der Waals surface area contributed by atoms with Crippen LogP contribution >= 0.6 is 101 Å². The molecular formula is C50H102O4S8. The molecule has 0 rings (SSSR count). The lowest BCUT2D eigenvalue weighted by Crippen LogP contribution is -2.52. The molecule has 0 aliphatic heterocycles. The monoisotopic (exact) mass is 1020 g/mol. The second kappa shape index (κ2) is 50.0. The average Bonchev–Trinajstić information content (AvgIpc) is 3.23. The summed E-state index contributed by atoms with van der Waals surface area (Å²) in [6, 6.07) is 0. The van der Waals surface area contributed by atoms with Gasteiger partial charge in [0.2, 0.25) is 0 Å². The number of unbranched alkanes of at least 4 members (excludes halogenated alkanes) is 29. The van der Waals surface area contributed by atoms with Crippen LogP contribution in [0.2, 0.25) is 0 Å². The van der Waals surface area contributed by atoms with E-state index in [1.54, 1.807) is 0 Å². The fourth-order valence-corrected chi connectivity index (χ4v) is 9.46. The fourth-order valence-electron chi connectivity index (χ4n) is 8.00. The first kappa shape index (κ1) is 64.6. The van der Waals surface area contributed by atoms with Crippen LogP contribution in [0.1, 0.15) is 257 Å². The molecule has 1 atom stereocenters. The number of thiol groups is 8. The van der Waals surface area contributed by atoms with Crippen LogP contribution < -0.4 is 0 Å². The molecule has 0 spiro atoms. The van der Waals surface area contributed by atoms with Crippen LogP contribution in [0.4, 0.5) is 0 Å². The van der Waals surface area contributed by atoms with E-state index in [0.29, 0.717) is 19.8 Å². The van der Waals surface area contributed by atoms with Crippen molar-refractivity contribution in [3.63, 3.8) is 0 Å². The molecule has 0 N–H and O–H groups in total. The van der Waals surface area contributed by atoms with Gasteiger partial charge in [0.15, 0.2) is 0 Å². The molecule has 0 amide bonds. The van der Waals surface area contributed by atoms with Crippen LogP contribution in [0.3, 0.4) is 0 Å². The Balaban J connectivity index is 5.76. The molecule has 0 saturated heterocycles. The van der Waals surface area contributed by atoms with Gasteiger partial charge < -0.3 is 18.9 Å². The third kappa shape index (κ3) is 46.4. The average molecular weight is 1020 g/mol. The second-order valence-corrected chi connectivity index (χ2v) is 24.7. The Morgan fingerprint density at radius 1 is 0.274 bits per heavy atom. The number of hydrogen-bond acceptors (Lipinski definition) is 12. The van der Waals surface area contributed by atoms with Gasteiger partial charge in [-0.1, -0.05) is 200 Å². The van der Waals surface area contributed by atoms with Gasteiger partial charge in [-0.3, -0.25) is 0 Å². The lowest BCUT2D eigenvalue weighted by molar-refractivity contribution is -0.419. The zero-order valence-electron chi connectivity index (χ0n) is 40.0. The fraction of sp³-hybridized carbons (Fsp3) is 1.00. The van der Waals surface area contributed by atoms with E-state index in [1.807, 2.05) is 0 Å². The second-order valence-electron chi connectivity index (χ2n) is 18.0. The van der Waals surface area contributed by atoms with Gasteiger partial charge in [-0.2, -0.15) is 101 Å². The molecule has 0 fully saturated rings. The van der Waals surface area contributed by atoms with E-state index < -0.39 is 5.97 Å². The maximum absolute atomic E-state index is 6.97. The van der Waals surface area contributed by atoms with Gasteiger partial charge in [0, 0.05) is 24.9 Å². The van der Waals surface area contributed by atoms with Crippen molar-refractivity contribution in [3.05, 3.63) is 0 Å². The minimum atomic E-state index is -1.16. The molecule has 374 valence electrons. The normalized spacial score (nSPS) is 12.9. The summed E-state index contributed by atoms with van der Waals surface area (Å²) >= 11 is 35.4. The zero-order chi connectivity index (χ0) is 45.6. The van der Waals surface area contributed by atoms with E-state index in [-0.39, 0.29) is 24.4 Å². The minimum absolute atomic E-state index is 0.204. The molecule has 0 radical (unpaired) electrons. The van der Waals surface area contributed by atoms with Gasteiger partial charge in [-0.05, 0) is 57.8 Å². The van der Waals surface area contributed by atoms with E-state index in [9.17, 15) is 0 Å². The molecular weight excluding hydrogens is 921 g/mol. The van der Waals surface area contributed by atoms with Crippen molar-refractivity contribution < 1.29 is 18.9 Å². The summed E-state index contributed by atoms with van der Waals surface area (Å²) in [5, 5.41) is 0. The topological polar surface area (TPSA) is 36.9 Å². The molecule has 0 aromatic carbocycles. The summed E-state index contributed by atoms with van der Waals surface area (Å²) in [4.78, 5) is 0. The molecule has 0 heterocycles. The number of ether oxygens (including phenoxy) is 4. The van der Waals surface area contributed by atoms with E-state index in [2.05, 4.69) is 108 Å². The summed E-state index contributed by atoms with van der Waals surface area (Å²) in [5.41, 5.74) is 0. The van der Waals surface area contributed by atoms with Crippen LogP contribution in [0.25, 0.3) is 0 Å².